The van der Waals surface area contributed by atoms with Crippen LogP contribution in [0.25, 0.3) is 11.3 Å². The van der Waals surface area contributed by atoms with Crippen molar-refractivity contribution in [2.45, 2.75) is 64.0 Å². The van der Waals surface area contributed by atoms with E-state index in [1.54, 1.807) is 19.3 Å². The molecule has 0 atom stereocenters. The molecule has 2 aliphatic rings. The summed E-state index contributed by atoms with van der Waals surface area (Å²) in [5, 5.41) is 6.45. The maximum atomic E-state index is 11.2. The van der Waals surface area contributed by atoms with E-state index in [0.717, 1.165) is 49.1 Å². The van der Waals surface area contributed by atoms with Gasteiger partial charge in [-0.3, -0.25) is 4.79 Å². The van der Waals surface area contributed by atoms with Gasteiger partial charge in [0, 0.05) is 37.0 Å². The smallest absolute Gasteiger partial charge is 0.223 e. The molecule has 8 heteroatoms. The Labute approximate surface area is 164 Å². The maximum Gasteiger partial charge on any atom is 0.223 e. The standard InChI is InChI=1S/C20H27N7O/c1-12(28)24-14-4-6-15(7-5-14)25-20-22-9-8-17(27-20)16-11-23-19(21)26-18(16)10-13-2-3-13/h8-9,11,13-15H,2-7,10H2,1H3,(H,24,28)(H2,21,23,26)(H,22,25,27). The van der Waals surface area contributed by atoms with Crippen molar-refractivity contribution in [1.82, 2.24) is 25.3 Å². The number of carbonyl (C=O) groups is 1. The number of aromatic nitrogens is 4. The van der Waals surface area contributed by atoms with E-state index >= 15 is 0 Å². The normalized spacial score (nSPS) is 21.9. The van der Waals surface area contributed by atoms with Crippen LogP contribution in [0.15, 0.2) is 18.5 Å². The highest BCUT2D eigenvalue weighted by Crippen LogP contribution is 2.34. The number of rotatable bonds is 6. The van der Waals surface area contributed by atoms with Gasteiger partial charge in [0.15, 0.2) is 0 Å². The highest BCUT2D eigenvalue weighted by Gasteiger charge is 2.25. The zero-order valence-corrected chi connectivity index (χ0v) is 16.2. The minimum atomic E-state index is 0.0418. The van der Waals surface area contributed by atoms with E-state index in [0.29, 0.717) is 23.9 Å². The molecular weight excluding hydrogens is 354 g/mol. The van der Waals surface area contributed by atoms with Crippen LogP contribution in [0.3, 0.4) is 0 Å². The highest BCUT2D eigenvalue weighted by atomic mass is 16.1. The number of carbonyl (C=O) groups excluding carboxylic acids is 1. The van der Waals surface area contributed by atoms with E-state index in [1.807, 2.05) is 6.07 Å². The molecule has 0 bridgehead atoms. The minimum absolute atomic E-state index is 0.0418. The molecule has 0 unspecified atom stereocenters. The molecule has 8 nitrogen and oxygen atoms in total. The second-order valence-corrected chi connectivity index (χ2v) is 7.89. The molecule has 4 N–H and O–H groups in total. The Morgan fingerprint density at radius 1 is 1.11 bits per heavy atom. The topological polar surface area (TPSA) is 119 Å². The summed E-state index contributed by atoms with van der Waals surface area (Å²) in [6.07, 6.45) is 10.9. The third-order valence-electron chi connectivity index (χ3n) is 5.46. The van der Waals surface area contributed by atoms with Crippen molar-refractivity contribution < 1.29 is 4.79 Å². The number of nitrogen functional groups attached to an aromatic ring is 1. The first-order valence-electron chi connectivity index (χ1n) is 10.1. The van der Waals surface area contributed by atoms with E-state index in [4.69, 9.17) is 10.7 Å². The third kappa shape index (κ3) is 4.74. The van der Waals surface area contributed by atoms with Crippen molar-refractivity contribution in [2.24, 2.45) is 5.92 Å². The van der Waals surface area contributed by atoms with Crippen molar-refractivity contribution in [2.75, 3.05) is 11.1 Å². The first kappa shape index (κ1) is 18.6. The van der Waals surface area contributed by atoms with Gasteiger partial charge in [-0.1, -0.05) is 0 Å². The van der Waals surface area contributed by atoms with E-state index < -0.39 is 0 Å². The molecule has 2 fully saturated rings. The Balaban J connectivity index is 1.45. The fraction of sp³-hybridized carbons (Fsp3) is 0.550. The summed E-state index contributed by atoms with van der Waals surface area (Å²) < 4.78 is 0. The van der Waals surface area contributed by atoms with Crippen LogP contribution in [0.2, 0.25) is 0 Å². The molecule has 2 saturated carbocycles. The number of nitrogens with one attached hydrogen (secondary N) is 2. The number of hydrogen-bond acceptors (Lipinski definition) is 7. The molecule has 4 rings (SSSR count). The van der Waals surface area contributed by atoms with Crippen molar-refractivity contribution in [3.63, 3.8) is 0 Å². The predicted molar refractivity (Wildman–Crippen MR) is 107 cm³/mol. The molecule has 0 aromatic carbocycles. The summed E-state index contributed by atoms with van der Waals surface area (Å²) in [4.78, 5) is 28.9. The van der Waals surface area contributed by atoms with Crippen molar-refractivity contribution in [3.8, 4) is 11.3 Å². The average Bonchev–Trinajstić information content (AvgIpc) is 3.47. The van der Waals surface area contributed by atoms with Gasteiger partial charge < -0.3 is 16.4 Å². The predicted octanol–water partition coefficient (Wildman–Crippen LogP) is 2.33. The summed E-state index contributed by atoms with van der Waals surface area (Å²) in [5.41, 5.74) is 8.52. The lowest BCUT2D eigenvalue weighted by Crippen LogP contribution is -2.39. The Morgan fingerprint density at radius 3 is 2.57 bits per heavy atom. The second-order valence-electron chi connectivity index (χ2n) is 7.89. The molecule has 0 radical (unpaired) electrons. The molecule has 2 aromatic heterocycles. The quantitative estimate of drug-likeness (QED) is 0.702. The van der Waals surface area contributed by atoms with Crippen LogP contribution in [0.1, 0.15) is 51.1 Å². The Hall–Kier alpha value is -2.77. The van der Waals surface area contributed by atoms with E-state index in [2.05, 4.69) is 25.6 Å². The Bertz CT molecular complexity index is 844. The van der Waals surface area contributed by atoms with Crippen LogP contribution in [-0.4, -0.2) is 37.9 Å². The summed E-state index contributed by atoms with van der Waals surface area (Å²) in [7, 11) is 0. The highest BCUT2D eigenvalue weighted by molar-refractivity contribution is 5.73. The number of hydrogen-bond donors (Lipinski definition) is 3. The van der Waals surface area contributed by atoms with E-state index in [9.17, 15) is 4.79 Å². The average molecular weight is 381 g/mol. The monoisotopic (exact) mass is 381 g/mol. The van der Waals surface area contributed by atoms with Crippen molar-refractivity contribution in [3.05, 3.63) is 24.2 Å². The number of nitrogens with zero attached hydrogens (tertiary/aromatic N) is 4. The minimum Gasteiger partial charge on any atom is -0.368 e. The third-order valence-corrected chi connectivity index (χ3v) is 5.46. The van der Waals surface area contributed by atoms with Gasteiger partial charge in [0.2, 0.25) is 17.8 Å². The molecular formula is C20H27N7O. The summed E-state index contributed by atoms with van der Waals surface area (Å²) >= 11 is 0. The van der Waals surface area contributed by atoms with Crippen molar-refractivity contribution in [1.29, 1.82) is 0 Å². The largest absolute Gasteiger partial charge is 0.368 e. The van der Waals surface area contributed by atoms with Crippen LogP contribution in [-0.2, 0) is 11.2 Å². The Morgan fingerprint density at radius 2 is 1.86 bits per heavy atom. The van der Waals surface area contributed by atoms with Gasteiger partial charge >= 0.3 is 0 Å². The summed E-state index contributed by atoms with van der Waals surface area (Å²) in [6, 6.07) is 2.48. The van der Waals surface area contributed by atoms with E-state index in [1.165, 1.54) is 12.8 Å². The molecule has 2 aromatic rings. The first-order chi connectivity index (χ1) is 13.6. The fourth-order valence-corrected chi connectivity index (χ4v) is 3.83. The van der Waals surface area contributed by atoms with Gasteiger partial charge in [0.25, 0.3) is 0 Å². The molecule has 0 saturated heterocycles. The SMILES string of the molecule is CC(=O)NC1CCC(Nc2nccc(-c3cnc(N)nc3CC3CC3)n2)CC1. The Kier molecular flexibility index (Phi) is 5.36. The number of amides is 1. The zero-order chi connectivity index (χ0) is 19.5. The van der Waals surface area contributed by atoms with Crippen molar-refractivity contribution >= 4 is 17.8 Å². The first-order valence-corrected chi connectivity index (χ1v) is 10.1. The lowest BCUT2D eigenvalue weighted by atomic mass is 9.91. The lowest BCUT2D eigenvalue weighted by Gasteiger charge is -2.29. The second kappa shape index (κ2) is 8.08. The van der Waals surface area contributed by atoms with Gasteiger partial charge in [0.1, 0.15) is 0 Å². The van der Waals surface area contributed by atoms with Gasteiger partial charge in [-0.2, -0.15) is 0 Å². The van der Waals surface area contributed by atoms with Crippen LogP contribution in [0.5, 0.6) is 0 Å². The molecule has 2 aliphatic carbocycles. The van der Waals surface area contributed by atoms with Crippen LogP contribution in [0, 0.1) is 5.92 Å². The van der Waals surface area contributed by atoms with Crippen LogP contribution >= 0.6 is 0 Å². The maximum absolute atomic E-state index is 11.2. The molecule has 0 aliphatic heterocycles. The number of anilines is 2. The van der Waals surface area contributed by atoms with Gasteiger partial charge in [0.05, 0.1) is 11.4 Å². The fourth-order valence-electron chi connectivity index (χ4n) is 3.83. The van der Waals surface area contributed by atoms with Gasteiger partial charge in [-0.15, -0.1) is 0 Å². The molecule has 2 heterocycles. The van der Waals surface area contributed by atoms with E-state index in [-0.39, 0.29) is 11.9 Å². The summed E-state index contributed by atoms with van der Waals surface area (Å²) in [6.45, 7) is 1.57. The summed E-state index contributed by atoms with van der Waals surface area (Å²) in [5.74, 6) is 1.67. The molecule has 0 spiro atoms. The molecule has 1 amide bonds. The number of nitrogens with two attached hydrogens (primary N) is 1. The van der Waals surface area contributed by atoms with Crippen LogP contribution < -0.4 is 16.4 Å². The molecule has 148 valence electrons. The van der Waals surface area contributed by atoms with Gasteiger partial charge in [-0.25, -0.2) is 19.9 Å². The van der Waals surface area contributed by atoms with Gasteiger partial charge in [-0.05, 0) is 56.9 Å². The molecule has 28 heavy (non-hydrogen) atoms. The lowest BCUT2D eigenvalue weighted by molar-refractivity contribution is -0.119. The zero-order valence-electron chi connectivity index (χ0n) is 16.2. The van der Waals surface area contributed by atoms with Crippen LogP contribution in [0.4, 0.5) is 11.9 Å².